The van der Waals surface area contributed by atoms with Crippen LogP contribution in [0.15, 0.2) is 133 Å². The van der Waals surface area contributed by atoms with Crippen LogP contribution in [0.5, 0.6) is 0 Å². The Kier molecular flexibility index (Phi) is 10.1. The largest absolute Gasteiger partial charge is 0.258 e. The van der Waals surface area contributed by atoms with Crippen molar-refractivity contribution in [3.8, 4) is 22.3 Å². The number of hydrogen-bond acceptors (Lipinski definition) is 2. The van der Waals surface area contributed by atoms with Crippen molar-refractivity contribution in [1.82, 2.24) is 10.4 Å². The maximum Gasteiger partial charge on any atom is 0.0740 e. The van der Waals surface area contributed by atoms with Crippen molar-refractivity contribution < 1.29 is 0 Å². The molecule has 0 fully saturated rings. The molecule has 0 unspecified atom stereocenters. The van der Waals surface area contributed by atoms with Gasteiger partial charge in [0.25, 0.3) is 0 Å². The predicted octanol–water partition coefficient (Wildman–Crippen LogP) is 12.5. The van der Waals surface area contributed by atoms with Crippen LogP contribution in [0.4, 0.5) is 0 Å². The number of nitrogens with zero attached hydrogens (tertiary/aromatic N) is 1. The van der Waals surface area contributed by atoms with Gasteiger partial charge in [0.1, 0.15) is 0 Å². The Bertz CT molecular complexity index is 2050. The SMILES string of the molecule is C=C1C=C(C)Cc2ccccc2C1(C)C.CC.CNN(C)C(c1ccc2c(c1)C(C)(C)c1ccccc1-2)c1ccc2c(c1)C(C)(C)c1ccccc1-2. The Labute approximate surface area is 314 Å². The summed E-state index contributed by atoms with van der Waals surface area (Å²) in [6.07, 6.45) is 3.29. The van der Waals surface area contributed by atoms with Gasteiger partial charge >= 0.3 is 0 Å². The highest BCUT2D eigenvalue weighted by Crippen LogP contribution is 2.51. The molecule has 0 radical (unpaired) electrons. The Morgan fingerprint density at radius 3 is 1.48 bits per heavy atom. The summed E-state index contributed by atoms with van der Waals surface area (Å²) >= 11 is 0. The van der Waals surface area contributed by atoms with Gasteiger partial charge in [0.05, 0.1) is 6.04 Å². The first-order chi connectivity index (χ1) is 24.8. The minimum Gasteiger partial charge on any atom is -0.258 e. The number of hydrazine groups is 1. The summed E-state index contributed by atoms with van der Waals surface area (Å²) in [5.41, 5.74) is 22.7. The van der Waals surface area contributed by atoms with Crippen LogP contribution in [0.1, 0.15) is 113 Å². The van der Waals surface area contributed by atoms with Gasteiger partial charge in [0.2, 0.25) is 0 Å². The number of hydrogen-bond donors (Lipinski definition) is 1. The monoisotopic (exact) mass is 686 g/mol. The van der Waals surface area contributed by atoms with Crippen molar-refractivity contribution in [2.75, 3.05) is 14.1 Å². The average molecular weight is 687 g/mol. The molecule has 0 bridgehead atoms. The lowest BCUT2D eigenvalue weighted by molar-refractivity contribution is 0.210. The highest BCUT2D eigenvalue weighted by Gasteiger charge is 2.38. The second-order valence-corrected chi connectivity index (χ2v) is 16.2. The minimum atomic E-state index is -0.00767. The molecule has 8 rings (SSSR count). The Balaban J connectivity index is 0.000000228. The van der Waals surface area contributed by atoms with E-state index in [9.17, 15) is 0 Å². The van der Waals surface area contributed by atoms with Crippen molar-refractivity contribution in [3.63, 3.8) is 0 Å². The maximum atomic E-state index is 4.20. The summed E-state index contributed by atoms with van der Waals surface area (Å²) in [5.74, 6) is 0. The summed E-state index contributed by atoms with van der Waals surface area (Å²) < 4.78 is 0. The number of allylic oxidation sites excluding steroid dienone is 3. The first kappa shape index (κ1) is 37.3. The third kappa shape index (κ3) is 6.21. The van der Waals surface area contributed by atoms with Crippen LogP contribution < -0.4 is 5.43 Å². The zero-order valence-corrected chi connectivity index (χ0v) is 33.4. The van der Waals surface area contributed by atoms with E-state index in [-0.39, 0.29) is 22.3 Å². The summed E-state index contributed by atoms with van der Waals surface area (Å²) in [5, 5.41) is 2.23. The highest BCUT2D eigenvalue weighted by atomic mass is 15.5. The van der Waals surface area contributed by atoms with Gasteiger partial charge in [0.15, 0.2) is 0 Å². The van der Waals surface area contributed by atoms with E-state index in [1.165, 1.54) is 77.9 Å². The van der Waals surface area contributed by atoms with E-state index in [0.717, 1.165) is 6.42 Å². The van der Waals surface area contributed by atoms with E-state index in [1.54, 1.807) is 0 Å². The summed E-state index contributed by atoms with van der Waals surface area (Å²) in [7, 11) is 4.15. The van der Waals surface area contributed by atoms with Crippen LogP contribution in [-0.4, -0.2) is 19.1 Å². The number of fused-ring (bicyclic) bond motifs is 7. The van der Waals surface area contributed by atoms with E-state index < -0.39 is 0 Å². The molecule has 2 heteroatoms. The molecule has 0 amide bonds. The van der Waals surface area contributed by atoms with Gasteiger partial charge in [-0.05, 0) is 92.7 Å². The molecule has 1 N–H and O–H groups in total. The summed E-state index contributed by atoms with van der Waals surface area (Å²) in [4.78, 5) is 0. The van der Waals surface area contributed by atoms with Gasteiger partial charge in [-0.2, -0.15) is 0 Å². The van der Waals surface area contributed by atoms with Gasteiger partial charge in [-0.3, -0.25) is 5.43 Å². The molecule has 268 valence electrons. The van der Waals surface area contributed by atoms with Crippen LogP contribution in [-0.2, 0) is 22.7 Å². The van der Waals surface area contributed by atoms with Gasteiger partial charge in [-0.15, -0.1) is 0 Å². The summed E-state index contributed by atoms with van der Waals surface area (Å²) in [6.45, 7) is 24.3. The Morgan fingerprint density at radius 2 is 1.00 bits per heavy atom. The standard InChI is InChI=1S/C33H34N2.C15H18.C2H6/c1-32(2)27-13-9-7-11-23(27)25-17-15-21(19-29(25)32)31(35(6)34-5)22-16-18-26-24-12-8-10-14-28(24)33(3,4)30(26)20-22;1-11-9-12(2)15(3,4)14-8-6-5-7-13(14)10-11;1-2/h7-20,31,34H,1-6H3;5-9H,2,10H2,1,3-4H3;1-2H3. The average Bonchev–Trinajstić information content (AvgIpc) is 3.48. The molecule has 0 aromatic heterocycles. The lowest BCUT2D eigenvalue weighted by Gasteiger charge is -2.31. The minimum absolute atomic E-state index is 0.00767. The fourth-order valence-electron chi connectivity index (χ4n) is 8.84. The number of benzene rings is 5. The van der Waals surface area contributed by atoms with Crippen LogP contribution in [0, 0.1) is 0 Å². The second-order valence-electron chi connectivity index (χ2n) is 16.2. The van der Waals surface area contributed by atoms with Crippen molar-refractivity contribution >= 4 is 0 Å². The van der Waals surface area contributed by atoms with E-state index in [2.05, 4.69) is 188 Å². The van der Waals surface area contributed by atoms with E-state index in [0.29, 0.717) is 0 Å². The molecule has 5 aromatic rings. The van der Waals surface area contributed by atoms with E-state index in [1.807, 2.05) is 20.9 Å². The fraction of sp³-hybridized carbons (Fsp3) is 0.320. The van der Waals surface area contributed by atoms with Gasteiger partial charge in [-0.25, -0.2) is 5.01 Å². The summed E-state index contributed by atoms with van der Waals surface area (Å²) in [6, 6.07) is 40.7. The molecular formula is C50H58N2. The molecule has 5 aromatic carbocycles. The zero-order valence-electron chi connectivity index (χ0n) is 33.4. The van der Waals surface area contributed by atoms with Crippen LogP contribution in [0.2, 0.25) is 0 Å². The zero-order chi connectivity index (χ0) is 37.6. The van der Waals surface area contributed by atoms with Crippen molar-refractivity contribution in [3.05, 3.63) is 178 Å². The molecular weight excluding hydrogens is 629 g/mol. The highest BCUT2D eigenvalue weighted by molar-refractivity contribution is 5.82. The lowest BCUT2D eigenvalue weighted by Crippen LogP contribution is -2.35. The van der Waals surface area contributed by atoms with Crippen LogP contribution in [0.25, 0.3) is 22.3 Å². The van der Waals surface area contributed by atoms with E-state index >= 15 is 0 Å². The first-order valence-corrected chi connectivity index (χ1v) is 19.1. The molecule has 0 atom stereocenters. The second kappa shape index (κ2) is 14.1. The molecule has 0 heterocycles. The van der Waals surface area contributed by atoms with Gasteiger partial charge in [0, 0.05) is 23.3 Å². The predicted molar refractivity (Wildman–Crippen MR) is 224 cm³/mol. The Morgan fingerprint density at radius 1 is 0.577 bits per heavy atom. The fourth-order valence-corrected chi connectivity index (χ4v) is 8.84. The van der Waals surface area contributed by atoms with Gasteiger partial charge < -0.3 is 0 Å². The molecule has 3 aliphatic carbocycles. The first-order valence-electron chi connectivity index (χ1n) is 19.1. The number of rotatable bonds is 4. The molecule has 52 heavy (non-hydrogen) atoms. The molecule has 0 saturated carbocycles. The maximum absolute atomic E-state index is 4.20. The molecule has 0 spiro atoms. The molecule has 2 nitrogen and oxygen atoms in total. The van der Waals surface area contributed by atoms with Crippen molar-refractivity contribution in [2.45, 2.75) is 91.0 Å². The van der Waals surface area contributed by atoms with Crippen molar-refractivity contribution in [2.24, 2.45) is 0 Å². The molecule has 3 aliphatic rings. The third-order valence-corrected chi connectivity index (χ3v) is 12.0. The smallest absolute Gasteiger partial charge is 0.0740 e. The lowest BCUT2D eigenvalue weighted by atomic mass is 9.77. The topological polar surface area (TPSA) is 15.3 Å². The van der Waals surface area contributed by atoms with Crippen LogP contribution >= 0.6 is 0 Å². The quantitative estimate of drug-likeness (QED) is 0.189. The molecule has 0 saturated heterocycles. The van der Waals surface area contributed by atoms with Crippen LogP contribution in [0.3, 0.4) is 0 Å². The van der Waals surface area contributed by atoms with Gasteiger partial charge in [-0.1, -0.05) is 183 Å². The van der Waals surface area contributed by atoms with Crippen molar-refractivity contribution in [1.29, 1.82) is 0 Å². The number of nitrogens with one attached hydrogen (secondary N) is 1. The third-order valence-electron chi connectivity index (χ3n) is 12.0. The van der Waals surface area contributed by atoms with E-state index in [4.69, 9.17) is 0 Å². The Hall–Kier alpha value is -4.50. The molecule has 0 aliphatic heterocycles. The normalized spacial score (nSPS) is 16.6.